The van der Waals surface area contributed by atoms with E-state index in [-0.39, 0.29) is 0 Å². The van der Waals surface area contributed by atoms with Crippen LogP contribution >= 0.6 is 0 Å². The Morgan fingerprint density at radius 3 is 2.29 bits per heavy atom. The van der Waals surface area contributed by atoms with Gasteiger partial charge in [0, 0.05) is 11.9 Å². The predicted molar refractivity (Wildman–Crippen MR) is 57.4 cm³/mol. The number of benzene rings is 1. The highest BCUT2D eigenvalue weighted by Crippen LogP contribution is 2.29. The van der Waals surface area contributed by atoms with Gasteiger partial charge in [-0.05, 0) is 30.5 Å². The van der Waals surface area contributed by atoms with Gasteiger partial charge in [-0.2, -0.15) is 13.2 Å². The fraction of sp³-hybridized carbons (Fsp3) is 0.250. The molecule has 5 heteroatoms. The number of rotatable bonds is 3. The quantitative estimate of drug-likeness (QED) is 0.876. The number of imidazole rings is 1. The molecule has 0 aliphatic heterocycles. The summed E-state index contributed by atoms with van der Waals surface area (Å²) in [7, 11) is 0. The largest absolute Gasteiger partial charge is 0.416 e. The van der Waals surface area contributed by atoms with Gasteiger partial charge >= 0.3 is 6.18 Å². The van der Waals surface area contributed by atoms with Gasteiger partial charge in [-0.25, -0.2) is 4.98 Å². The second-order valence-electron chi connectivity index (χ2n) is 3.77. The summed E-state index contributed by atoms with van der Waals surface area (Å²) in [5.41, 5.74) is 1.25. The summed E-state index contributed by atoms with van der Waals surface area (Å²) >= 11 is 0. The van der Waals surface area contributed by atoms with Crippen LogP contribution in [0.15, 0.2) is 36.8 Å². The van der Waals surface area contributed by atoms with E-state index in [0.29, 0.717) is 6.42 Å². The lowest BCUT2D eigenvalue weighted by atomic mass is 10.1. The summed E-state index contributed by atoms with van der Waals surface area (Å²) < 4.78 is 36.9. The van der Waals surface area contributed by atoms with Gasteiger partial charge in [-0.1, -0.05) is 12.1 Å². The maximum atomic E-state index is 12.3. The number of nitrogens with one attached hydrogen (secondary N) is 1. The van der Waals surface area contributed by atoms with Crippen molar-refractivity contribution in [3.63, 3.8) is 0 Å². The molecule has 0 fully saturated rings. The minimum Gasteiger partial charge on any atom is -0.348 e. The van der Waals surface area contributed by atoms with Crippen molar-refractivity contribution in [1.29, 1.82) is 0 Å². The van der Waals surface area contributed by atoms with Crippen LogP contribution in [0.25, 0.3) is 0 Å². The van der Waals surface area contributed by atoms with E-state index in [2.05, 4.69) is 9.97 Å². The Morgan fingerprint density at radius 2 is 1.76 bits per heavy atom. The summed E-state index contributed by atoms with van der Waals surface area (Å²) in [4.78, 5) is 6.83. The third-order valence-corrected chi connectivity index (χ3v) is 2.52. The molecule has 0 saturated heterocycles. The Labute approximate surface area is 96.5 Å². The van der Waals surface area contributed by atoms with Crippen molar-refractivity contribution in [2.45, 2.75) is 19.0 Å². The molecule has 1 aromatic heterocycles. The number of alkyl halides is 3. The Bertz CT molecular complexity index is 457. The van der Waals surface area contributed by atoms with E-state index in [0.717, 1.165) is 29.8 Å². The van der Waals surface area contributed by atoms with Crippen LogP contribution in [0.2, 0.25) is 0 Å². The lowest BCUT2D eigenvalue weighted by molar-refractivity contribution is -0.137. The van der Waals surface area contributed by atoms with Crippen LogP contribution in [0.3, 0.4) is 0 Å². The van der Waals surface area contributed by atoms with Crippen molar-refractivity contribution < 1.29 is 13.2 Å². The Balaban J connectivity index is 1.99. The van der Waals surface area contributed by atoms with E-state index in [4.69, 9.17) is 0 Å². The van der Waals surface area contributed by atoms with E-state index >= 15 is 0 Å². The molecule has 0 spiro atoms. The zero-order chi connectivity index (χ0) is 12.3. The van der Waals surface area contributed by atoms with Crippen LogP contribution < -0.4 is 0 Å². The molecular weight excluding hydrogens is 229 g/mol. The number of halogens is 3. The van der Waals surface area contributed by atoms with Crippen molar-refractivity contribution in [3.8, 4) is 0 Å². The van der Waals surface area contributed by atoms with Crippen molar-refractivity contribution >= 4 is 0 Å². The molecule has 0 bridgehead atoms. The molecule has 0 saturated carbocycles. The average molecular weight is 240 g/mol. The van der Waals surface area contributed by atoms with Crippen LogP contribution in [-0.2, 0) is 19.0 Å². The zero-order valence-corrected chi connectivity index (χ0v) is 8.96. The summed E-state index contributed by atoms with van der Waals surface area (Å²) in [5, 5.41) is 0. The number of aryl methyl sites for hydroxylation is 2. The van der Waals surface area contributed by atoms with Gasteiger partial charge in [-0.3, -0.25) is 0 Å². The highest BCUT2D eigenvalue weighted by Gasteiger charge is 2.29. The van der Waals surface area contributed by atoms with E-state index in [1.807, 2.05) is 0 Å². The minimum atomic E-state index is -4.26. The van der Waals surface area contributed by atoms with Gasteiger partial charge in [-0.15, -0.1) is 0 Å². The van der Waals surface area contributed by atoms with E-state index in [1.165, 1.54) is 12.1 Å². The number of aromatic nitrogens is 2. The van der Waals surface area contributed by atoms with Crippen LogP contribution in [0.1, 0.15) is 16.8 Å². The highest BCUT2D eigenvalue weighted by molar-refractivity contribution is 5.25. The first-order chi connectivity index (χ1) is 8.05. The van der Waals surface area contributed by atoms with Gasteiger partial charge in [0.05, 0.1) is 11.9 Å². The maximum absolute atomic E-state index is 12.3. The first-order valence-corrected chi connectivity index (χ1v) is 5.19. The molecule has 17 heavy (non-hydrogen) atoms. The lowest BCUT2D eigenvalue weighted by Gasteiger charge is -2.07. The van der Waals surface area contributed by atoms with Gasteiger partial charge < -0.3 is 4.98 Å². The predicted octanol–water partition coefficient (Wildman–Crippen LogP) is 3.21. The third kappa shape index (κ3) is 3.09. The van der Waals surface area contributed by atoms with Crippen LogP contribution in [0.5, 0.6) is 0 Å². The molecule has 2 rings (SSSR count). The summed E-state index contributed by atoms with van der Waals surface area (Å²) in [6.45, 7) is 0. The molecule has 0 atom stereocenters. The fourth-order valence-corrected chi connectivity index (χ4v) is 1.56. The van der Waals surface area contributed by atoms with E-state index in [1.54, 1.807) is 12.5 Å². The summed E-state index contributed by atoms with van der Waals surface area (Å²) in [5.74, 6) is 0. The maximum Gasteiger partial charge on any atom is 0.416 e. The van der Waals surface area contributed by atoms with Gasteiger partial charge in [0.1, 0.15) is 0 Å². The lowest BCUT2D eigenvalue weighted by Crippen LogP contribution is -2.04. The van der Waals surface area contributed by atoms with Gasteiger partial charge in [0.15, 0.2) is 0 Å². The van der Waals surface area contributed by atoms with Crippen molar-refractivity contribution in [2.24, 2.45) is 0 Å². The fourth-order valence-electron chi connectivity index (χ4n) is 1.56. The highest BCUT2D eigenvalue weighted by atomic mass is 19.4. The van der Waals surface area contributed by atoms with E-state index < -0.39 is 11.7 Å². The van der Waals surface area contributed by atoms with E-state index in [9.17, 15) is 13.2 Å². The van der Waals surface area contributed by atoms with Crippen molar-refractivity contribution in [2.75, 3.05) is 0 Å². The molecule has 0 aliphatic rings. The molecule has 1 N–H and O–H groups in total. The van der Waals surface area contributed by atoms with Crippen molar-refractivity contribution in [1.82, 2.24) is 9.97 Å². The molecule has 2 aromatic rings. The second-order valence-corrected chi connectivity index (χ2v) is 3.77. The molecule has 0 aliphatic carbocycles. The first kappa shape index (κ1) is 11.7. The smallest absolute Gasteiger partial charge is 0.348 e. The number of H-pyrrole nitrogens is 1. The molecule has 1 aromatic carbocycles. The van der Waals surface area contributed by atoms with Crippen LogP contribution in [-0.4, -0.2) is 9.97 Å². The topological polar surface area (TPSA) is 28.7 Å². The normalized spacial score (nSPS) is 11.7. The molecular formula is C12H11F3N2. The minimum absolute atomic E-state index is 0.609. The molecule has 2 nitrogen and oxygen atoms in total. The first-order valence-electron chi connectivity index (χ1n) is 5.19. The number of hydrogen-bond donors (Lipinski definition) is 1. The standard InChI is InChI=1S/C12H11F3N2/c13-12(14,15)10-4-1-9(2-5-10)3-6-11-7-16-8-17-11/h1-2,4-5,7-8H,3,6H2,(H,16,17). The van der Waals surface area contributed by atoms with Crippen molar-refractivity contribution in [3.05, 3.63) is 53.6 Å². The molecule has 0 amide bonds. The third-order valence-electron chi connectivity index (χ3n) is 2.52. The van der Waals surface area contributed by atoms with Crippen LogP contribution in [0.4, 0.5) is 13.2 Å². The Kier molecular flexibility index (Phi) is 3.17. The molecule has 1 heterocycles. The average Bonchev–Trinajstić information content (AvgIpc) is 2.78. The second kappa shape index (κ2) is 4.61. The number of aromatic amines is 1. The number of nitrogens with zero attached hydrogens (tertiary/aromatic N) is 1. The Hall–Kier alpha value is -1.78. The molecule has 0 unspecified atom stereocenters. The monoisotopic (exact) mass is 240 g/mol. The number of hydrogen-bond acceptors (Lipinski definition) is 1. The summed E-state index contributed by atoms with van der Waals surface area (Å²) in [6.07, 6.45) is 0.472. The van der Waals surface area contributed by atoms with Gasteiger partial charge in [0.2, 0.25) is 0 Å². The zero-order valence-electron chi connectivity index (χ0n) is 8.96. The summed E-state index contributed by atoms with van der Waals surface area (Å²) in [6, 6.07) is 5.25. The molecule has 90 valence electrons. The SMILES string of the molecule is FC(F)(F)c1ccc(CCc2cnc[nH]2)cc1. The van der Waals surface area contributed by atoms with Crippen LogP contribution in [0, 0.1) is 0 Å². The Morgan fingerprint density at radius 1 is 1.06 bits per heavy atom. The molecule has 0 radical (unpaired) electrons. The van der Waals surface area contributed by atoms with Gasteiger partial charge in [0.25, 0.3) is 0 Å².